The number of carboxylic acid groups (broad SMARTS) is 1. The fourth-order valence-electron chi connectivity index (χ4n) is 1.83. The van der Waals surface area contributed by atoms with Crippen LogP contribution < -0.4 is 0 Å². The fourth-order valence-corrected chi connectivity index (χ4v) is 1.83. The minimum atomic E-state index is -0.929. The maximum Gasteiger partial charge on any atom is 0.434 e. The molecule has 0 saturated carbocycles. The van der Waals surface area contributed by atoms with Crippen LogP contribution in [0.1, 0.15) is 60.8 Å². The topological polar surface area (TPSA) is 76.1 Å². The first kappa shape index (κ1) is 20.7. The van der Waals surface area contributed by atoms with Crippen molar-refractivity contribution < 1.29 is 24.3 Å². The maximum atomic E-state index is 12.2. The number of unbranched alkanes of at least 4 members (excludes halogenated alkanes) is 1. The highest BCUT2D eigenvalue weighted by Gasteiger charge is 2.29. The molecule has 1 N–H and O–H groups in total. The second-order valence-corrected chi connectivity index (χ2v) is 6.89. The summed E-state index contributed by atoms with van der Waals surface area (Å²) in [6, 6.07) is 0. The predicted octanol–water partition coefficient (Wildman–Crippen LogP) is 3.70. The average molecular weight is 317 g/mol. The molecule has 0 unspecified atom stereocenters. The van der Waals surface area contributed by atoms with Crippen LogP contribution in [0.3, 0.4) is 0 Å². The first-order chi connectivity index (χ1) is 10.1. The van der Waals surface area contributed by atoms with Gasteiger partial charge in [0.25, 0.3) is 0 Å². The Bertz CT molecular complexity index is 349. The first-order valence-corrected chi connectivity index (χ1v) is 7.93. The number of rotatable bonds is 9. The highest BCUT2D eigenvalue weighted by molar-refractivity contribution is 5.72. The molecule has 0 heterocycles. The van der Waals surface area contributed by atoms with Crippen molar-refractivity contribution in [2.75, 3.05) is 13.2 Å². The van der Waals surface area contributed by atoms with Crippen LogP contribution in [0.15, 0.2) is 0 Å². The molecule has 1 amide bonds. The summed E-state index contributed by atoms with van der Waals surface area (Å²) >= 11 is 0. The van der Waals surface area contributed by atoms with Crippen molar-refractivity contribution in [2.45, 2.75) is 66.4 Å². The van der Waals surface area contributed by atoms with Gasteiger partial charge in [0.2, 0.25) is 0 Å². The van der Waals surface area contributed by atoms with Gasteiger partial charge >= 0.3 is 12.1 Å². The zero-order chi connectivity index (χ0) is 17.3. The van der Waals surface area contributed by atoms with Crippen LogP contribution in [0.25, 0.3) is 0 Å². The van der Waals surface area contributed by atoms with Gasteiger partial charge in [0.1, 0.15) is 5.60 Å². The summed E-state index contributed by atoms with van der Waals surface area (Å²) in [5.74, 6) is -1.38. The second-order valence-electron chi connectivity index (χ2n) is 6.89. The van der Waals surface area contributed by atoms with Gasteiger partial charge in [0.15, 0.2) is 0 Å². The van der Waals surface area contributed by atoms with Crippen molar-refractivity contribution in [3.63, 3.8) is 0 Å². The van der Waals surface area contributed by atoms with E-state index in [0.29, 0.717) is 13.0 Å². The summed E-state index contributed by atoms with van der Waals surface area (Å²) in [7, 11) is 0. The number of nitrogens with zero attached hydrogens (tertiary/aromatic N) is 1. The molecule has 6 nitrogen and oxygen atoms in total. The summed E-state index contributed by atoms with van der Waals surface area (Å²) in [5.41, 5.74) is -0.653. The Labute approximate surface area is 133 Å². The molecule has 0 rings (SSSR count). The number of hydrogen-bond donors (Lipinski definition) is 1. The third kappa shape index (κ3) is 9.60. The second kappa shape index (κ2) is 9.66. The third-order valence-electron chi connectivity index (χ3n) is 2.83. The standard InChI is InChI=1S/C16H31NO5/c1-7-8-9-21-17(15(20)22-16(4,5)6)11-13(14(18)19)10-12(2)3/h12-13H,7-11H2,1-6H3,(H,18,19)/t13-/m0/s1. The van der Waals surface area contributed by atoms with Crippen LogP contribution >= 0.6 is 0 Å². The molecule has 1 atom stereocenters. The molecule has 0 bridgehead atoms. The van der Waals surface area contributed by atoms with Crippen molar-refractivity contribution in [1.82, 2.24) is 5.06 Å². The van der Waals surface area contributed by atoms with Crippen molar-refractivity contribution >= 4 is 12.1 Å². The lowest BCUT2D eigenvalue weighted by molar-refractivity contribution is -0.165. The summed E-state index contributed by atoms with van der Waals surface area (Å²) in [4.78, 5) is 29.0. The van der Waals surface area contributed by atoms with Gasteiger partial charge in [0, 0.05) is 0 Å². The summed E-state index contributed by atoms with van der Waals surface area (Å²) in [6.45, 7) is 11.6. The molecule has 0 spiro atoms. The van der Waals surface area contributed by atoms with E-state index in [2.05, 4.69) is 0 Å². The van der Waals surface area contributed by atoms with Crippen LogP contribution in [0.5, 0.6) is 0 Å². The predicted molar refractivity (Wildman–Crippen MR) is 84.4 cm³/mol. The molecule has 6 heteroatoms. The zero-order valence-electron chi connectivity index (χ0n) is 14.7. The highest BCUT2D eigenvalue weighted by atomic mass is 16.7. The van der Waals surface area contributed by atoms with Gasteiger partial charge in [0.05, 0.1) is 19.1 Å². The number of carboxylic acids is 1. The lowest BCUT2D eigenvalue weighted by atomic mass is 9.97. The molecule has 0 aliphatic rings. The van der Waals surface area contributed by atoms with Crippen molar-refractivity contribution in [1.29, 1.82) is 0 Å². The number of ether oxygens (including phenoxy) is 1. The van der Waals surface area contributed by atoms with Gasteiger partial charge in [-0.05, 0) is 39.5 Å². The number of carbonyl (C=O) groups excluding carboxylic acids is 1. The van der Waals surface area contributed by atoms with Gasteiger partial charge in [-0.25, -0.2) is 4.79 Å². The van der Waals surface area contributed by atoms with E-state index in [-0.39, 0.29) is 12.5 Å². The SMILES string of the molecule is CCCCON(C[C@H](CC(C)C)C(=O)O)C(=O)OC(C)(C)C. The molecule has 0 aliphatic heterocycles. The quantitative estimate of drug-likeness (QED) is 0.518. The van der Waals surface area contributed by atoms with Crippen LogP contribution in [-0.2, 0) is 14.4 Å². The smallest absolute Gasteiger partial charge is 0.434 e. The molecule has 0 aliphatic carbocycles. The van der Waals surface area contributed by atoms with Crippen molar-refractivity contribution in [3.8, 4) is 0 Å². The van der Waals surface area contributed by atoms with Crippen LogP contribution in [0.2, 0.25) is 0 Å². The molecule has 0 saturated heterocycles. The fraction of sp³-hybridized carbons (Fsp3) is 0.875. The molecule has 130 valence electrons. The first-order valence-electron chi connectivity index (χ1n) is 7.93. The Kier molecular flexibility index (Phi) is 9.09. The molecule has 22 heavy (non-hydrogen) atoms. The number of aliphatic carboxylic acids is 1. The Morgan fingerprint density at radius 3 is 2.23 bits per heavy atom. The van der Waals surface area contributed by atoms with Gasteiger partial charge in [-0.1, -0.05) is 27.2 Å². The normalized spacial score (nSPS) is 13.0. The summed E-state index contributed by atoms with van der Waals surface area (Å²) in [5, 5.41) is 10.4. The van der Waals surface area contributed by atoms with E-state index in [1.54, 1.807) is 20.8 Å². The summed E-state index contributed by atoms with van der Waals surface area (Å²) < 4.78 is 5.29. The highest BCUT2D eigenvalue weighted by Crippen LogP contribution is 2.17. The molecular weight excluding hydrogens is 286 g/mol. The van der Waals surface area contributed by atoms with Crippen LogP contribution in [0.4, 0.5) is 4.79 Å². The minimum absolute atomic E-state index is 0.00780. The molecule has 0 aromatic carbocycles. The Hall–Kier alpha value is -1.30. The average Bonchev–Trinajstić information content (AvgIpc) is 2.33. The van der Waals surface area contributed by atoms with E-state index in [1.165, 1.54) is 0 Å². The van der Waals surface area contributed by atoms with Crippen LogP contribution in [-0.4, -0.2) is 41.0 Å². The van der Waals surface area contributed by atoms with Crippen molar-refractivity contribution in [3.05, 3.63) is 0 Å². The zero-order valence-corrected chi connectivity index (χ0v) is 14.7. The molecule has 0 aromatic rings. The van der Waals surface area contributed by atoms with E-state index in [0.717, 1.165) is 17.9 Å². The third-order valence-corrected chi connectivity index (χ3v) is 2.83. The Balaban J connectivity index is 4.88. The van der Waals surface area contributed by atoms with Gasteiger partial charge in [-0.3, -0.25) is 9.63 Å². The van der Waals surface area contributed by atoms with E-state index in [4.69, 9.17) is 9.57 Å². The maximum absolute atomic E-state index is 12.2. The van der Waals surface area contributed by atoms with E-state index in [1.807, 2.05) is 20.8 Å². The monoisotopic (exact) mass is 317 g/mol. The van der Waals surface area contributed by atoms with E-state index >= 15 is 0 Å². The van der Waals surface area contributed by atoms with Gasteiger partial charge < -0.3 is 9.84 Å². The number of amides is 1. The Morgan fingerprint density at radius 2 is 1.82 bits per heavy atom. The molecule has 0 radical (unpaired) electrons. The summed E-state index contributed by atoms with van der Waals surface area (Å²) in [6.07, 6.45) is 1.56. The molecule has 0 aromatic heterocycles. The van der Waals surface area contributed by atoms with Crippen molar-refractivity contribution in [2.24, 2.45) is 11.8 Å². The number of hydrogen-bond acceptors (Lipinski definition) is 4. The minimum Gasteiger partial charge on any atom is -0.481 e. The number of hydroxylamine groups is 2. The lowest BCUT2D eigenvalue weighted by Crippen LogP contribution is -2.41. The van der Waals surface area contributed by atoms with Gasteiger partial charge in [-0.15, -0.1) is 0 Å². The largest absolute Gasteiger partial charge is 0.481 e. The van der Waals surface area contributed by atoms with E-state index < -0.39 is 23.6 Å². The molecular formula is C16H31NO5. The van der Waals surface area contributed by atoms with Crippen LogP contribution in [0, 0.1) is 11.8 Å². The Morgan fingerprint density at radius 1 is 1.23 bits per heavy atom. The van der Waals surface area contributed by atoms with E-state index in [9.17, 15) is 14.7 Å². The lowest BCUT2D eigenvalue weighted by Gasteiger charge is -2.28. The van der Waals surface area contributed by atoms with Gasteiger partial charge in [-0.2, -0.15) is 5.06 Å². The number of carbonyl (C=O) groups is 2. The molecule has 0 fully saturated rings.